The highest BCUT2D eigenvalue weighted by Gasteiger charge is 2.11. The van der Waals surface area contributed by atoms with E-state index in [1.54, 1.807) is 24.3 Å². The molecular weight excluding hydrogens is 340 g/mol. The summed E-state index contributed by atoms with van der Waals surface area (Å²) >= 11 is 9.25. The molecule has 0 bridgehead atoms. The van der Waals surface area contributed by atoms with Gasteiger partial charge in [-0.2, -0.15) is 0 Å². The number of benzene rings is 2. The molecule has 2 aromatic carbocycles. The van der Waals surface area contributed by atoms with E-state index < -0.39 is 0 Å². The summed E-state index contributed by atoms with van der Waals surface area (Å²) < 4.78 is 0.733. The maximum atomic E-state index is 12.3. The highest BCUT2D eigenvalue weighted by molar-refractivity contribution is 9.10. The van der Waals surface area contributed by atoms with Gasteiger partial charge in [-0.3, -0.25) is 4.79 Å². The first-order valence-electron chi connectivity index (χ1n) is 6.01. The summed E-state index contributed by atoms with van der Waals surface area (Å²) in [6.07, 6.45) is 0. The van der Waals surface area contributed by atoms with E-state index in [2.05, 4.69) is 21.2 Å². The summed E-state index contributed by atoms with van der Waals surface area (Å²) in [5.41, 5.74) is 9.57. The van der Waals surface area contributed by atoms with Crippen LogP contribution in [0.25, 0.3) is 0 Å². The Balaban J connectivity index is 2.28. The van der Waals surface area contributed by atoms with Gasteiger partial charge in [-0.1, -0.05) is 17.7 Å². The lowest BCUT2D eigenvalue weighted by Crippen LogP contribution is -2.14. The van der Waals surface area contributed by atoms with Crippen molar-refractivity contribution < 1.29 is 4.79 Å². The zero-order valence-corrected chi connectivity index (χ0v) is 13.5. The van der Waals surface area contributed by atoms with Gasteiger partial charge >= 0.3 is 0 Å². The average molecular weight is 354 g/mol. The number of nitrogens with two attached hydrogens (primary N) is 1. The third-order valence-corrected chi connectivity index (χ3v) is 4.25. The minimum absolute atomic E-state index is 0.191. The van der Waals surface area contributed by atoms with E-state index >= 15 is 0 Å². The molecule has 0 atom stereocenters. The maximum Gasteiger partial charge on any atom is 0.256 e. The molecule has 0 aliphatic rings. The molecule has 104 valence electrons. The minimum Gasteiger partial charge on any atom is -0.398 e. The summed E-state index contributed by atoms with van der Waals surface area (Å²) in [5.74, 6) is -0.191. The molecule has 0 aromatic heterocycles. The first-order valence-corrected chi connectivity index (χ1v) is 7.18. The fourth-order valence-corrected chi connectivity index (χ4v) is 2.38. The van der Waals surface area contributed by atoms with Crippen molar-refractivity contribution in [3.8, 4) is 0 Å². The van der Waals surface area contributed by atoms with Crippen LogP contribution in [-0.2, 0) is 0 Å². The standard InChI is InChI=1S/C15H14BrClN2O/c1-8-5-9(2)14(18)7-11(8)15(20)19-10-3-4-13(17)12(16)6-10/h3-7H,18H2,1-2H3,(H,19,20). The summed E-state index contributed by atoms with van der Waals surface area (Å²) in [6, 6.07) is 8.83. The normalized spacial score (nSPS) is 10.4. The molecule has 2 aromatic rings. The van der Waals surface area contributed by atoms with E-state index in [4.69, 9.17) is 17.3 Å². The number of nitrogen functional groups attached to an aromatic ring is 1. The Kier molecular flexibility index (Phi) is 4.35. The SMILES string of the molecule is Cc1cc(C)c(C(=O)Nc2ccc(Cl)c(Br)c2)cc1N. The fraction of sp³-hybridized carbons (Fsp3) is 0.133. The molecule has 1 amide bonds. The van der Waals surface area contributed by atoms with Gasteiger partial charge in [-0.15, -0.1) is 0 Å². The van der Waals surface area contributed by atoms with Crippen molar-refractivity contribution in [1.82, 2.24) is 0 Å². The molecule has 2 rings (SSSR count). The average Bonchev–Trinajstić information content (AvgIpc) is 2.38. The van der Waals surface area contributed by atoms with Crippen LogP contribution in [-0.4, -0.2) is 5.91 Å². The van der Waals surface area contributed by atoms with Crippen LogP contribution in [0, 0.1) is 13.8 Å². The van der Waals surface area contributed by atoms with Crippen LogP contribution in [0.15, 0.2) is 34.8 Å². The molecule has 0 aliphatic heterocycles. The molecule has 0 heterocycles. The smallest absolute Gasteiger partial charge is 0.256 e. The Bertz CT molecular complexity index is 686. The highest BCUT2D eigenvalue weighted by Crippen LogP contribution is 2.26. The number of carbonyl (C=O) groups is 1. The van der Waals surface area contributed by atoms with Crippen molar-refractivity contribution in [1.29, 1.82) is 0 Å². The van der Waals surface area contributed by atoms with Crippen LogP contribution in [0.2, 0.25) is 5.02 Å². The van der Waals surface area contributed by atoms with E-state index in [1.807, 2.05) is 19.9 Å². The Hall–Kier alpha value is -1.52. The van der Waals surface area contributed by atoms with Crippen molar-refractivity contribution >= 4 is 44.8 Å². The van der Waals surface area contributed by atoms with Gasteiger partial charge in [0.15, 0.2) is 0 Å². The van der Waals surface area contributed by atoms with Crippen LogP contribution < -0.4 is 11.1 Å². The fourth-order valence-electron chi connectivity index (χ4n) is 1.89. The highest BCUT2D eigenvalue weighted by atomic mass is 79.9. The molecule has 5 heteroatoms. The lowest BCUT2D eigenvalue weighted by atomic mass is 10.0. The number of rotatable bonds is 2. The monoisotopic (exact) mass is 352 g/mol. The molecule has 3 N–H and O–H groups in total. The molecule has 0 fully saturated rings. The lowest BCUT2D eigenvalue weighted by Gasteiger charge is -2.11. The second-order valence-corrected chi connectivity index (χ2v) is 5.87. The third-order valence-electron chi connectivity index (χ3n) is 3.04. The second-order valence-electron chi connectivity index (χ2n) is 4.61. The summed E-state index contributed by atoms with van der Waals surface area (Å²) in [7, 11) is 0. The number of amides is 1. The molecule has 0 radical (unpaired) electrons. The largest absolute Gasteiger partial charge is 0.398 e. The molecule has 0 aliphatic carbocycles. The van der Waals surface area contributed by atoms with Crippen LogP contribution in [0.3, 0.4) is 0 Å². The molecular formula is C15H14BrClN2O. The number of nitrogens with one attached hydrogen (secondary N) is 1. The summed E-state index contributed by atoms with van der Waals surface area (Å²) in [6.45, 7) is 3.81. The molecule has 3 nitrogen and oxygen atoms in total. The molecule has 0 unspecified atom stereocenters. The Morgan fingerprint density at radius 1 is 1.20 bits per heavy atom. The minimum atomic E-state index is -0.191. The first kappa shape index (κ1) is 14.9. The van der Waals surface area contributed by atoms with E-state index in [0.717, 1.165) is 15.6 Å². The Labute approximate surface area is 131 Å². The maximum absolute atomic E-state index is 12.3. The van der Waals surface area contributed by atoms with E-state index in [-0.39, 0.29) is 5.91 Å². The second kappa shape index (κ2) is 5.85. The van der Waals surface area contributed by atoms with E-state index in [0.29, 0.717) is 22.0 Å². The van der Waals surface area contributed by atoms with Crippen LogP contribution in [0.4, 0.5) is 11.4 Å². The molecule has 0 saturated heterocycles. The lowest BCUT2D eigenvalue weighted by molar-refractivity contribution is 0.102. The first-order chi connectivity index (χ1) is 9.38. The summed E-state index contributed by atoms with van der Waals surface area (Å²) in [5, 5.41) is 3.43. The van der Waals surface area contributed by atoms with Crippen LogP contribution in [0.5, 0.6) is 0 Å². The van der Waals surface area contributed by atoms with Crippen LogP contribution >= 0.6 is 27.5 Å². The number of carbonyl (C=O) groups excluding carboxylic acids is 1. The zero-order valence-electron chi connectivity index (χ0n) is 11.1. The van der Waals surface area contributed by atoms with Gasteiger partial charge in [0, 0.05) is 21.4 Å². The number of aryl methyl sites for hydroxylation is 2. The van der Waals surface area contributed by atoms with Gasteiger partial charge in [-0.05, 0) is 65.2 Å². The van der Waals surface area contributed by atoms with Crippen molar-refractivity contribution in [3.05, 3.63) is 56.5 Å². The Morgan fingerprint density at radius 3 is 2.55 bits per heavy atom. The predicted octanol–water partition coefficient (Wildman–Crippen LogP) is 4.55. The van der Waals surface area contributed by atoms with E-state index in [1.165, 1.54) is 0 Å². The van der Waals surface area contributed by atoms with Gasteiger partial charge in [0.25, 0.3) is 5.91 Å². The van der Waals surface area contributed by atoms with Crippen molar-refractivity contribution in [2.24, 2.45) is 0 Å². The number of halogens is 2. The van der Waals surface area contributed by atoms with Crippen molar-refractivity contribution in [2.45, 2.75) is 13.8 Å². The predicted molar refractivity (Wildman–Crippen MR) is 87.4 cm³/mol. The number of hydrogen-bond acceptors (Lipinski definition) is 2. The van der Waals surface area contributed by atoms with Gasteiger partial charge in [-0.25, -0.2) is 0 Å². The zero-order chi connectivity index (χ0) is 14.9. The van der Waals surface area contributed by atoms with E-state index in [9.17, 15) is 4.79 Å². The summed E-state index contributed by atoms with van der Waals surface area (Å²) in [4.78, 5) is 12.3. The number of anilines is 2. The van der Waals surface area contributed by atoms with Gasteiger partial charge < -0.3 is 11.1 Å². The van der Waals surface area contributed by atoms with Crippen molar-refractivity contribution in [2.75, 3.05) is 11.1 Å². The van der Waals surface area contributed by atoms with Crippen LogP contribution in [0.1, 0.15) is 21.5 Å². The van der Waals surface area contributed by atoms with Crippen molar-refractivity contribution in [3.63, 3.8) is 0 Å². The quantitative estimate of drug-likeness (QED) is 0.778. The Morgan fingerprint density at radius 2 is 1.90 bits per heavy atom. The topological polar surface area (TPSA) is 55.1 Å². The third kappa shape index (κ3) is 3.14. The molecule has 0 saturated carbocycles. The molecule has 20 heavy (non-hydrogen) atoms. The van der Waals surface area contributed by atoms with Gasteiger partial charge in [0.2, 0.25) is 0 Å². The number of hydrogen-bond donors (Lipinski definition) is 2. The molecule has 0 spiro atoms. The van der Waals surface area contributed by atoms with Gasteiger partial charge in [0.1, 0.15) is 0 Å². The van der Waals surface area contributed by atoms with Gasteiger partial charge in [0.05, 0.1) is 5.02 Å².